The van der Waals surface area contributed by atoms with Crippen LogP contribution in [0.2, 0.25) is 5.02 Å². The molecule has 8 heteroatoms. The van der Waals surface area contributed by atoms with Crippen LogP contribution in [0.25, 0.3) is 0 Å². The first kappa shape index (κ1) is 19.2. The third-order valence-electron chi connectivity index (χ3n) is 4.09. The van der Waals surface area contributed by atoms with Crippen LogP contribution in [0.5, 0.6) is 0 Å². The molecule has 0 spiro atoms. The van der Waals surface area contributed by atoms with E-state index in [1.54, 1.807) is 17.0 Å². The van der Waals surface area contributed by atoms with Gasteiger partial charge in [0.2, 0.25) is 5.91 Å². The highest BCUT2D eigenvalue weighted by molar-refractivity contribution is 7.87. The predicted molar refractivity (Wildman–Crippen MR) is 95.1 cm³/mol. The molecular formula is C16H24ClN3O3S. The van der Waals surface area contributed by atoms with Crippen LogP contribution in [0.3, 0.4) is 0 Å². The summed E-state index contributed by atoms with van der Waals surface area (Å²) in [5.41, 5.74) is 0.902. The van der Waals surface area contributed by atoms with Crippen molar-refractivity contribution >= 4 is 27.7 Å². The number of hydrogen-bond donors (Lipinski definition) is 1. The summed E-state index contributed by atoms with van der Waals surface area (Å²) in [5, 5.41) is 0.638. The lowest BCUT2D eigenvalue weighted by Gasteiger charge is -2.26. The van der Waals surface area contributed by atoms with E-state index in [1.807, 2.05) is 12.1 Å². The molecule has 1 fully saturated rings. The Balaban J connectivity index is 2.00. The molecule has 6 nitrogen and oxygen atoms in total. The van der Waals surface area contributed by atoms with Crippen LogP contribution < -0.4 is 4.72 Å². The lowest BCUT2D eigenvalue weighted by Crippen LogP contribution is -2.48. The zero-order valence-electron chi connectivity index (χ0n) is 14.0. The van der Waals surface area contributed by atoms with Crippen molar-refractivity contribution in [2.24, 2.45) is 0 Å². The number of halogens is 1. The quantitative estimate of drug-likeness (QED) is 0.853. The average Bonchev–Trinajstić information content (AvgIpc) is 2.74. The molecule has 1 N–H and O–H groups in total. The van der Waals surface area contributed by atoms with Gasteiger partial charge >= 0.3 is 0 Å². The second kappa shape index (κ2) is 8.29. The summed E-state index contributed by atoms with van der Waals surface area (Å²) in [7, 11) is -0.519. The highest BCUT2D eigenvalue weighted by Gasteiger charge is 2.26. The van der Waals surface area contributed by atoms with E-state index in [0.29, 0.717) is 24.5 Å². The first-order valence-corrected chi connectivity index (χ1v) is 9.82. The van der Waals surface area contributed by atoms with Crippen molar-refractivity contribution in [1.29, 1.82) is 0 Å². The maximum Gasteiger partial charge on any atom is 0.279 e. The number of carbonyl (C=O) groups is 1. The lowest BCUT2D eigenvalue weighted by atomic mass is 10.1. The summed E-state index contributed by atoms with van der Waals surface area (Å²) < 4.78 is 27.8. The van der Waals surface area contributed by atoms with Crippen LogP contribution in [0.15, 0.2) is 24.3 Å². The smallest absolute Gasteiger partial charge is 0.279 e. The Morgan fingerprint density at radius 3 is 2.58 bits per heavy atom. The van der Waals surface area contributed by atoms with Crippen molar-refractivity contribution < 1.29 is 13.2 Å². The molecule has 0 bridgehead atoms. The van der Waals surface area contributed by atoms with Gasteiger partial charge in [0.1, 0.15) is 0 Å². The highest BCUT2D eigenvalue weighted by atomic mass is 35.5. The van der Waals surface area contributed by atoms with Crippen molar-refractivity contribution in [3.63, 3.8) is 0 Å². The van der Waals surface area contributed by atoms with Crippen LogP contribution in [0.1, 0.15) is 24.8 Å². The SMILES string of the molecule is CN(C)S(=O)(=O)NC1CCCCN(C(=O)Cc2ccc(Cl)cc2)C1. The number of rotatable bonds is 5. The van der Waals surface area contributed by atoms with E-state index in [2.05, 4.69) is 4.72 Å². The first-order chi connectivity index (χ1) is 11.3. The number of benzene rings is 1. The summed E-state index contributed by atoms with van der Waals surface area (Å²) >= 11 is 5.86. The highest BCUT2D eigenvalue weighted by Crippen LogP contribution is 2.15. The zero-order chi connectivity index (χ0) is 17.7. The molecule has 1 aromatic rings. The average molecular weight is 374 g/mol. The molecule has 1 atom stereocenters. The Kier molecular flexibility index (Phi) is 6.62. The van der Waals surface area contributed by atoms with Gasteiger partial charge in [0.15, 0.2) is 0 Å². The van der Waals surface area contributed by atoms with E-state index in [4.69, 9.17) is 11.6 Å². The fourth-order valence-electron chi connectivity index (χ4n) is 2.67. The molecule has 1 aliphatic heterocycles. The number of nitrogens with one attached hydrogen (secondary N) is 1. The fourth-order valence-corrected chi connectivity index (χ4v) is 3.62. The molecule has 0 aliphatic carbocycles. The van der Waals surface area contributed by atoms with Gasteiger partial charge in [-0.25, -0.2) is 0 Å². The van der Waals surface area contributed by atoms with Crippen molar-refractivity contribution in [2.45, 2.75) is 31.7 Å². The van der Waals surface area contributed by atoms with Crippen molar-refractivity contribution in [2.75, 3.05) is 27.2 Å². The molecule has 0 aromatic heterocycles. The summed E-state index contributed by atoms with van der Waals surface area (Å²) in [4.78, 5) is 14.3. The van der Waals surface area contributed by atoms with Gasteiger partial charge < -0.3 is 4.90 Å². The summed E-state index contributed by atoms with van der Waals surface area (Å²) in [6.45, 7) is 1.06. The van der Waals surface area contributed by atoms with Crippen LogP contribution in [-0.2, 0) is 21.4 Å². The minimum absolute atomic E-state index is 0.00766. The molecule has 1 aromatic carbocycles. The van der Waals surface area contributed by atoms with Crippen molar-refractivity contribution in [3.05, 3.63) is 34.9 Å². The first-order valence-electron chi connectivity index (χ1n) is 8.00. The molecule has 0 radical (unpaired) electrons. The number of carbonyl (C=O) groups excluding carboxylic acids is 1. The van der Waals surface area contributed by atoms with Crippen LogP contribution in [0.4, 0.5) is 0 Å². The molecule has 1 unspecified atom stereocenters. The molecule has 24 heavy (non-hydrogen) atoms. The van der Waals surface area contributed by atoms with Gasteiger partial charge in [-0.1, -0.05) is 30.2 Å². The second-order valence-corrected chi connectivity index (χ2v) is 8.59. The number of amides is 1. The molecular weight excluding hydrogens is 350 g/mol. The van der Waals surface area contributed by atoms with E-state index in [1.165, 1.54) is 14.1 Å². The van der Waals surface area contributed by atoms with Crippen molar-refractivity contribution in [1.82, 2.24) is 13.9 Å². The third-order valence-corrected chi connectivity index (χ3v) is 5.93. The summed E-state index contributed by atoms with van der Waals surface area (Å²) in [5.74, 6) is 0.00766. The Labute approximate surface area is 149 Å². The number of likely N-dealkylation sites (tertiary alicyclic amines) is 1. The normalized spacial score (nSPS) is 19.3. The van der Waals surface area contributed by atoms with Gasteiger partial charge in [0.25, 0.3) is 10.2 Å². The van der Waals surface area contributed by atoms with Gasteiger partial charge in [0.05, 0.1) is 6.42 Å². The van der Waals surface area contributed by atoms with E-state index >= 15 is 0 Å². The minimum Gasteiger partial charge on any atom is -0.341 e. The van der Waals surface area contributed by atoms with Crippen LogP contribution in [-0.4, -0.2) is 56.8 Å². The van der Waals surface area contributed by atoms with E-state index in [0.717, 1.165) is 29.1 Å². The van der Waals surface area contributed by atoms with Gasteiger partial charge in [-0.2, -0.15) is 17.4 Å². The molecule has 1 aliphatic rings. The summed E-state index contributed by atoms with van der Waals surface area (Å²) in [6, 6.07) is 6.95. The van der Waals surface area contributed by atoms with E-state index in [9.17, 15) is 13.2 Å². The van der Waals surface area contributed by atoms with E-state index in [-0.39, 0.29) is 11.9 Å². The minimum atomic E-state index is -3.50. The van der Waals surface area contributed by atoms with Gasteiger partial charge in [-0.15, -0.1) is 0 Å². The standard InChI is InChI=1S/C16H24ClN3O3S/c1-19(2)24(22,23)18-15-5-3-4-10-20(12-15)16(21)11-13-6-8-14(17)9-7-13/h6-9,15,18H,3-5,10-12H2,1-2H3. The van der Waals surface area contributed by atoms with Gasteiger partial charge in [0, 0.05) is 38.2 Å². The Hall–Kier alpha value is -1.15. The fraction of sp³-hybridized carbons (Fsp3) is 0.562. The lowest BCUT2D eigenvalue weighted by molar-refractivity contribution is -0.130. The Morgan fingerprint density at radius 2 is 1.96 bits per heavy atom. The van der Waals surface area contributed by atoms with E-state index < -0.39 is 10.2 Å². The Morgan fingerprint density at radius 1 is 1.29 bits per heavy atom. The molecule has 1 heterocycles. The maximum atomic E-state index is 12.6. The molecule has 1 amide bonds. The molecule has 134 valence electrons. The maximum absolute atomic E-state index is 12.6. The molecule has 0 saturated carbocycles. The van der Waals surface area contributed by atoms with Gasteiger partial charge in [-0.3, -0.25) is 4.79 Å². The number of nitrogens with zero attached hydrogens (tertiary/aromatic N) is 2. The third kappa shape index (κ3) is 5.44. The van der Waals surface area contributed by atoms with Gasteiger partial charge in [-0.05, 0) is 30.5 Å². The van der Waals surface area contributed by atoms with Crippen molar-refractivity contribution in [3.8, 4) is 0 Å². The van der Waals surface area contributed by atoms with Crippen LogP contribution in [0, 0.1) is 0 Å². The topological polar surface area (TPSA) is 69.7 Å². The molecule has 1 saturated heterocycles. The molecule has 2 rings (SSSR count). The number of hydrogen-bond acceptors (Lipinski definition) is 3. The second-order valence-electron chi connectivity index (χ2n) is 6.24. The zero-order valence-corrected chi connectivity index (χ0v) is 15.6. The van der Waals surface area contributed by atoms with Crippen LogP contribution >= 0.6 is 11.6 Å². The Bertz CT molecular complexity index is 662. The largest absolute Gasteiger partial charge is 0.341 e. The monoisotopic (exact) mass is 373 g/mol. The summed E-state index contributed by atoms with van der Waals surface area (Å²) in [6.07, 6.45) is 2.81. The predicted octanol–water partition coefficient (Wildman–Crippen LogP) is 1.66.